The summed E-state index contributed by atoms with van der Waals surface area (Å²) in [5.74, 6) is 0. The average molecular weight is 592 g/mol. The van der Waals surface area contributed by atoms with Crippen LogP contribution in [0.4, 0.5) is 0 Å². The highest BCUT2D eigenvalue weighted by atomic mass is 35.8. The Morgan fingerprint density at radius 2 is 0.769 bits per heavy atom. The van der Waals surface area contributed by atoms with Gasteiger partial charge in [0, 0.05) is 11.2 Å². The second kappa shape index (κ2) is 9.60. The van der Waals surface area contributed by atoms with Crippen molar-refractivity contribution in [1.29, 1.82) is 0 Å². The first-order valence-electron chi connectivity index (χ1n) is 8.20. The highest BCUT2D eigenvalue weighted by Gasteiger charge is 2.60. The maximum atomic E-state index is 6.59. The lowest BCUT2D eigenvalue weighted by molar-refractivity contribution is 0.253. The molecular weight excluding hydrogens is 561 g/mol. The van der Waals surface area contributed by atoms with Gasteiger partial charge in [0.1, 0.15) is 0 Å². The van der Waals surface area contributed by atoms with Gasteiger partial charge < -0.3 is 12.3 Å². The van der Waals surface area contributed by atoms with Gasteiger partial charge in [-0.25, -0.2) is 0 Å². The third kappa shape index (κ3) is 12.6. The van der Waals surface area contributed by atoms with E-state index in [2.05, 4.69) is 58.9 Å². The lowest BCUT2D eigenvalue weighted by Crippen LogP contribution is -2.62. The van der Waals surface area contributed by atoms with E-state index in [-0.39, 0.29) is 6.04 Å². The Bertz CT molecular complexity index is 411. The highest BCUT2D eigenvalue weighted by molar-refractivity contribution is 7.76. The molecule has 0 aliphatic carbocycles. The molecule has 0 unspecified atom stereocenters. The van der Waals surface area contributed by atoms with Gasteiger partial charge in [-0.15, -0.1) is 66.5 Å². The molecular formula is C11H30Cl6O3Si6. The van der Waals surface area contributed by atoms with Gasteiger partial charge in [-0.05, 0) is 58.9 Å². The number of hydrogen-bond donors (Lipinski definition) is 0. The van der Waals surface area contributed by atoms with Crippen molar-refractivity contribution in [1.82, 2.24) is 0 Å². The first-order chi connectivity index (χ1) is 11.0. The predicted octanol–water partition coefficient (Wildman–Crippen LogP) is 7.70. The summed E-state index contributed by atoms with van der Waals surface area (Å²) in [5.41, 5.74) is 0. The molecule has 0 aromatic carbocycles. The SMILES string of the molecule is C[Si](C)(C)O[Si](CC([Si](Cl)(Cl)Cl)[Si](Cl)(Cl)Cl)(O[Si](C)(C)C)O[Si](C)(C)C. The maximum Gasteiger partial charge on any atom is 0.469 e. The molecule has 0 fully saturated rings. The summed E-state index contributed by atoms with van der Waals surface area (Å²) in [4.78, 5) is 0. The molecule has 0 aromatic heterocycles. The second-order valence-electron chi connectivity index (χ2n) is 9.17. The lowest BCUT2D eigenvalue weighted by atomic mass is 10.9. The molecule has 0 saturated heterocycles. The minimum Gasteiger partial charge on any atom is -0.417 e. The van der Waals surface area contributed by atoms with Crippen LogP contribution in [0.3, 0.4) is 0 Å². The summed E-state index contributed by atoms with van der Waals surface area (Å²) in [6.45, 7) is 18.8. The summed E-state index contributed by atoms with van der Waals surface area (Å²) < 4.78 is 19.8. The first kappa shape index (κ1) is 28.9. The molecule has 0 heterocycles. The molecule has 0 spiro atoms. The molecule has 0 amide bonds. The van der Waals surface area contributed by atoms with Crippen LogP contribution in [0.2, 0.25) is 70.1 Å². The molecule has 0 bridgehead atoms. The van der Waals surface area contributed by atoms with Gasteiger partial charge in [0.05, 0.1) is 0 Å². The average Bonchev–Trinajstić information content (AvgIpc) is 2.14. The van der Waals surface area contributed by atoms with Crippen LogP contribution in [-0.2, 0) is 12.3 Å². The zero-order valence-corrected chi connectivity index (χ0v) is 27.3. The van der Waals surface area contributed by atoms with Crippen LogP contribution in [-0.4, -0.2) is 45.8 Å². The molecule has 26 heavy (non-hydrogen) atoms. The molecule has 0 aromatic rings. The minimum atomic E-state index is -3.33. The number of halogens is 6. The molecule has 158 valence electrons. The fourth-order valence-corrected chi connectivity index (χ4v) is 38.9. The van der Waals surface area contributed by atoms with E-state index in [9.17, 15) is 0 Å². The van der Waals surface area contributed by atoms with E-state index in [0.29, 0.717) is 0 Å². The summed E-state index contributed by atoms with van der Waals surface area (Å²) in [6, 6.07) is -6.42. The quantitative estimate of drug-likeness (QED) is 0.193. The van der Waals surface area contributed by atoms with Crippen molar-refractivity contribution >= 4 is 112 Å². The number of hydrogen-bond acceptors (Lipinski definition) is 3. The predicted molar refractivity (Wildman–Crippen MR) is 134 cm³/mol. The van der Waals surface area contributed by atoms with E-state index in [1.807, 2.05) is 0 Å². The summed E-state index contributed by atoms with van der Waals surface area (Å²) >= 11 is 38.1. The van der Waals surface area contributed by atoms with Gasteiger partial charge in [-0.2, -0.15) is 0 Å². The molecule has 15 heteroatoms. The van der Waals surface area contributed by atoms with Crippen LogP contribution in [0.5, 0.6) is 0 Å². The Morgan fingerprint density at radius 3 is 0.923 bits per heavy atom. The van der Waals surface area contributed by atoms with Crippen molar-refractivity contribution in [2.75, 3.05) is 0 Å². The van der Waals surface area contributed by atoms with E-state index in [0.717, 1.165) is 0 Å². The van der Waals surface area contributed by atoms with Gasteiger partial charge in [0.25, 0.3) is 0 Å². The van der Waals surface area contributed by atoms with Crippen LogP contribution in [0.1, 0.15) is 0 Å². The molecule has 0 N–H and O–H groups in total. The first-order valence-corrected chi connectivity index (χ1v) is 30.6. The Balaban J connectivity index is 6.29. The molecule has 0 aliphatic heterocycles. The molecule has 0 atom stereocenters. The highest BCUT2D eigenvalue weighted by Crippen LogP contribution is 2.51. The summed E-state index contributed by atoms with van der Waals surface area (Å²) in [6.07, 6.45) is 0. The fourth-order valence-electron chi connectivity index (χ4n) is 2.25. The van der Waals surface area contributed by atoms with E-state index < -0.39 is 50.9 Å². The Labute approximate surface area is 193 Å². The molecule has 0 saturated carbocycles. The molecule has 0 rings (SSSR count). The van der Waals surface area contributed by atoms with E-state index >= 15 is 0 Å². The van der Waals surface area contributed by atoms with Crippen molar-refractivity contribution in [3.63, 3.8) is 0 Å². The van der Waals surface area contributed by atoms with Crippen LogP contribution in [0, 0.1) is 0 Å². The second-order valence-corrected chi connectivity index (χ2v) is 44.4. The third-order valence-electron chi connectivity index (χ3n) is 2.63. The molecule has 0 radical (unpaired) electrons. The van der Waals surface area contributed by atoms with Crippen molar-refractivity contribution in [2.45, 2.75) is 70.1 Å². The van der Waals surface area contributed by atoms with Crippen molar-refractivity contribution in [3.05, 3.63) is 0 Å². The van der Waals surface area contributed by atoms with Crippen LogP contribution in [0.25, 0.3) is 0 Å². The largest absolute Gasteiger partial charge is 0.469 e. The summed E-state index contributed by atoms with van der Waals surface area (Å²) in [7, 11) is -9.38. The van der Waals surface area contributed by atoms with E-state index in [1.165, 1.54) is 0 Å². The van der Waals surface area contributed by atoms with Crippen LogP contribution >= 0.6 is 66.5 Å². The smallest absolute Gasteiger partial charge is 0.417 e. The van der Waals surface area contributed by atoms with Crippen molar-refractivity contribution in [3.8, 4) is 0 Å². The van der Waals surface area contributed by atoms with E-state index in [4.69, 9.17) is 78.8 Å². The van der Waals surface area contributed by atoms with Gasteiger partial charge in [0.2, 0.25) is 0 Å². The van der Waals surface area contributed by atoms with Gasteiger partial charge in [-0.1, -0.05) is 0 Å². The maximum absolute atomic E-state index is 6.59. The Morgan fingerprint density at radius 1 is 0.538 bits per heavy atom. The number of rotatable bonds is 10. The van der Waals surface area contributed by atoms with Crippen LogP contribution < -0.4 is 0 Å². The van der Waals surface area contributed by atoms with Crippen molar-refractivity contribution < 1.29 is 12.3 Å². The minimum absolute atomic E-state index is 0.247. The monoisotopic (exact) mass is 588 g/mol. The lowest BCUT2D eigenvalue weighted by Gasteiger charge is -2.45. The zero-order valence-electron chi connectivity index (χ0n) is 16.8. The van der Waals surface area contributed by atoms with Gasteiger partial charge in [0.15, 0.2) is 25.0 Å². The van der Waals surface area contributed by atoms with Crippen molar-refractivity contribution in [2.24, 2.45) is 0 Å². The third-order valence-corrected chi connectivity index (χ3v) is 28.1. The van der Waals surface area contributed by atoms with E-state index in [1.54, 1.807) is 0 Å². The zero-order chi connectivity index (χ0) is 21.4. The topological polar surface area (TPSA) is 27.7 Å². The molecule has 3 nitrogen and oxygen atoms in total. The van der Waals surface area contributed by atoms with Gasteiger partial charge in [-0.3, -0.25) is 0 Å². The standard InChI is InChI=1S/C11H30Cl6O3Si6/c1-21(2,3)18-24(19-22(4,5)6,20-23(7,8)9)10-11(25(12,13)14)26(15,16)17/h11H,10H2,1-9H3. The molecule has 0 aliphatic rings. The summed E-state index contributed by atoms with van der Waals surface area (Å²) in [5, 5.41) is -0.666. The Hall–Kier alpha value is 2.92. The Kier molecular flexibility index (Phi) is 10.7. The van der Waals surface area contributed by atoms with Crippen LogP contribution in [0.15, 0.2) is 0 Å². The van der Waals surface area contributed by atoms with Gasteiger partial charge >= 0.3 is 20.8 Å². The fraction of sp³-hybridized carbons (Fsp3) is 1.00. The normalized spacial score (nSPS) is 15.7.